The van der Waals surface area contributed by atoms with Gasteiger partial charge in [-0.25, -0.2) is 9.78 Å². The third kappa shape index (κ3) is 3.39. The Morgan fingerprint density at radius 2 is 2.29 bits per heavy atom. The van der Waals surface area contributed by atoms with Crippen molar-refractivity contribution < 1.29 is 9.53 Å². The second-order valence-corrected chi connectivity index (χ2v) is 7.78. The average molecular weight is 345 g/mol. The maximum atomic E-state index is 12.5. The number of piperidine rings is 1. The van der Waals surface area contributed by atoms with E-state index in [-0.39, 0.29) is 6.03 Å². The fraction of sp³-hybridized carbons (Fsp3) is 0.556. The summed E-state index contributed by atoms with van der Waals surface area (Å²) < 4.78 is 6.60. The molecule has 0 bridgehead atoms. The highest BCUT2D eigenvalue weighted by molar-refractivity contribution is 7.18. The van der Waals surface area contributed by atoms with Gasteiger partial charge in [-0.2, -0.15) is 0 Å². The molecular formula is C18H23N3O2S. The summed E-state index contributed by atoms with van der Waals surface area (Å²) in [5.41, 5.74) is 1.07. The third-order valence-corrected chi connectivity index (χ3v) is 6.13. The lowest BCUT2D eigenvalue weighted by Gasteiger charge is -2.32. The standard InChI is InChI=1S/C18H23N3O2S/c22-18(19-10-13-7-9-23-12-13)21-8-3-4-14(11-21)17-20-15-5-1-2-6-16(15)24-17/h1-2,5-6,13-14H,3-4,7-12H2,(H,19,22)/t13-,14+/m1/s1. The fourth-order valence-electron chi connectivity index (χ4n) is 3.52. The first-order chi connectivity index (χ1) is 11.8. The quantitative estimate of drug-likeness (QED) is 0.929. The van der Waals surface area contributed by atoms with Gasteiger partial charge in [0.25, 0.3) is 0 Å². The zero-order chi connectivity index (χ0) is 16.4. The molecule has 2 amide bonds. The number of ether oxygens (including phenoxy) is 1. The van der Waals surface area contributed by atoms with Gasteiger partial charge in [-0.15, -0.1) is 11.3 Å². The number of nitrogens with zero attached hydrogens (tertiary/aromatic N) is 2. The predicted molar refractivity (Wildman–Crippen MR) is 95.5 cm³/mol. The Hall–Kier alpha value is -1.66. The lowest BCUT2D eigenvalue weighted by molar-refractivity contribution is 0.172. The highest BCUT2D eigenvalue weighted by Gasteiger charge is 2.27. The van der Waals surface area contributed by atoms with Gasteiger partial charge in [-0.3, -0.25) is 0 Å². The van der Waals surface area contributed by atoms with E-state index in [0.29, 0.717) is 11.8 Å². The summed E-state index contributed by atoms with van der Waals surface area (Å²) in [6.07, 6.45) is 3.20. The summed E-state index contributed by atoms with van der Waals surface area (Å²) in [6, 6.07) is 8.32. The zero-order valence-corrected chi connectivity index (χ0v) is 14.6. The van der Waals surface area contributed by atoms with Gasteiger partial charge >= 0.3 is 6.03 Å². The van der Waals surface area contributed by atoms with Gasteiger partial charge in [0.05, 0.1) is 21.8 Å². The first-order valence-electron chi connectivity index (χ1n) is 8.75. The smallest absolute Gasteiger partial charge is 0.317 e. The number of benzene rings is 1. The maximum absolute atomic E-state index is 12.5. The minimum atomic E-state index is 0.0627. The van der Waals surface area contributed by atoms with E-state index in [1.165, 1.54) is 4.70 Å². The highest BCUT2D eigenvalue weighted by atomic mass is 32.1. The Morgan fingerprint density at radius 3 is 3.12 bits per heavy atom. The van der Waals surface area contributed by atoms with Gasteiger partial charge in [0.15, 0.2) is 0 Å². The summed E-state index contributed by atoms with van der Waals surface area (Å²) >= 11 is 1.77. The number of thiazole rings is 1. The number of hydrogen-bond donors (Lipinski definition) is 1. The largest absolute Gasteiger partial charge is 0.381 e. The third-order valence-electron chi connectivity index (χ3n) is 4.93. The van der Waals surface area contributed by atoms with Crippen LogP contribution < -0.4 is 5.32 Å². The monoisotopic (exact) mass is 345 g/mol. The number of amides is 2. The molecule has 3 heterocycles. The number of hydrogen-bond acceptors (Lipinski definition) is 4. The summed E-state index contributed by atoms with van der Waals surface area (Å²) in [5, 5.41) is 4.25. The van der Waals surface area contributed by atoms with E-state index >= 15 is 0 Å². The lowest BCUT2D eigenvalue weighted by Crippen LogP contribution is -2.46. The molecule has 1 aromatic carbocycles. The summed E-state index contributed by atoms with van der Waals surface area (Å²) in [5.74, 6) is 0.829. The molecule has 1 aromatic heterocycles. The molecule has 2 atom stereocenters. The van der Waals surface area contributed by atoms with Crippen LogP contribution in [0.3, 0.4) is 0 Å². The number of likely N-dealkylation sites (tertiary alicyclic amines) is 1. The number of para-hydroxylation sites is 1. The first kappa shape index (κ1) is 15.8. The van der Waals surface area contributed by atoms with Crippen molar-refractivity contribution in [3.8, 4) is 0 Å². The number of carbonyl (C=O) groups is 1. The summed E-state index contributed by atoms with van der Waals surface area (Å²) in [6.45, 7) is 3.93. The predicted octanol–water partition coefficient (Wildman–Crippen LogP) is 3.22. The van der Waals surface area contributed by atoms with E-state index in [1.807, 2.05) is 11.0 Å². The van der Waals surface area contributed by atoms with Gasteiger partial charge in [-0.1, -0.05) is 12.1 Å². The maximum Gasteiger partial charge on any atom is 0.317 e. The van der Waals surface area contributed by atoms with Crippen LogP contribution in [0.15, 0.2) is 24.3 Å². The molecular weight excluding hydrogens is 322 g/mol. The highest BCUT2D eigenvalue weighted by Crippen LogP contribution is 2.32. The minimum Gasteiger partial charge on any atom is -0.381 e. The molecule has 2 aliphatic heterocycles. The van der Waals surface area contributed by atoms with Crippen LogP contribution in [0.1, 0.15) is 30.2 Å². The first-order valence-corrected chi connectivity index (χ1v) is 9.57. The van der Waals surface area contributed by atoms with Crippen molar-refractivity contribution in [2.75, 3.05) is 32.8 Å². The van der Waals surface area contributed by atoms with Gasteiger partial charge in [0.1, 0.15) is 0 Å². The van der Waals surface area contributed by atoms with Crippen LogP contribution in [0.2, 0.25) is 0 Å². The number of aromatic nitrogens is 1. The van der Waals surface area contributed by atoms with E-state index in [4.69, 9.17) is 9.72 Å². The van der Waals surface area contributed by atoms with Crippen molar-refractivity contribution in [3.63, 3.8) is 0 Å². The molecule has 4 rings (SSSR count). The van der Waals surface area contributed by atoms with E-state index in [9.17, 15) is 4.79 Å². The van der Waals surface area contributed by atoms with Crippen molar-refractivity contribution in [2.24, 2.45) is 5.92 Å². The van der Waals surface area contributed by atoms with E-state index < -0.39 is 0 Å². The Labute approximate surface area is 146 Å². The molecule has 0 aliphatic carbocycles. The normalized spacial score (nSPS) is 24.4. The molecule has 6 heteroatoms. The van der Waals surface area contributed by atoms with E-state index in [1.54, 1.807) is 11.3 Å². The van der Waals surface area contributed by atoms with Gasteiger partial charge < -0.3 is 15.0 Å². The SMILES string of the molecule is O=C(NC[C@H]1CCOC1)N1CCC[C@H](c2nc3ccccc3s2)C1. The fourth-order valence-corrected chi connectivity index (χ4v) is 4.61. The van der Waals surface area contributed by atoms with Crippen LogP contribution in [0.4, 0.5) is 4.79 Å². The van der Waals surface area contributed by atoms with Crippen LogP contribution >= 0.6 is 11.3 Å². The van der Waals surface area contributed by atoms with Crippen LogP contribution in [-0.2, 0) is 4.74 Å². The molecule has 2 aromatic rings. The Bertz CT molecular complexity index is 678. The van der Waals surface area contributed by atoms with Crippen molar-refractivity contribution in [1.29, 1.82) is 0 Å². The summed E-state index contributed by atoms with van der Waals surface area (Å²) in [7, 11) is 0. The molecule has 2 saturated heterocycles. The van der Waals surface area contributed by atoms with E-state index in [2.05, 4.69) is 23.5 Å². The number of fused-ring (bicyclic) bond motifs is 1. The molecule has 0 unspecified atom stereocenters. The number of urea groups is 1. The zero-order valence-electron chi connectivity index (χ0n) is 13.7. The number of carbonyl (C=O) groups excluding carboxylic acids is 1. The second kappa shape index (κ2) is 7.07. The molecule has 0 radical (unpaired) electrons. The molecule has 5 nitrogen and oxygen atoms in total. The second-order valence-electron chi connectivity index (χ2n) is 6.72. The molecule has 24 heavy (non-hydrogen) atoms. The van der Waals surface area contributed by atoms with Gasteiger partial charge in [0.2, 0.25) is 0 Å². The minimum absolute atomic E-state index is 0.0627. The lowest BCUT2D eigenvalue weighted by atomic mass is 9.99. The molecule has 128 valence electrons. The van der Waals surface area contributed by atoms with Crippen LogP contribution in [0, 0.1) is 5.92 Å². The van der Waals surface area contributed by atoms with Crippen molar-refractivity contribution >= 4 is 27.6 Å². The molecule has 0 spiro atoms. The van der Waals surface area contributed by atoms with Crippen LogP contribution in [0.5, 0.6) is 0 Å². The molecule has 1 N–H and O–H groups in total. The van der Waals surface area contributed by atoms with E-state index in [0.717, 1.165) is 62.6 Å². The Balaban J connectivity index is 1.38. The van der Waals surface area contributed by atoms with Crippen molar-refractivity contribution in [2.45, 2.75) is 25.2 Å². The molecule has 0 saturated carbocycles. The number of rotatable bonds is 3. The van der Waals surface area contributed by atoms with Crippen molar-refractivity contribution in [3.05, 3.63) is 29.3 Å². The summed E-state index contributed by atoms with van der Waals surface area (Å²) in [4.78, 5) is 19.2. The van der Waals surface area contributed by atoms with Gasteiger partial charge in [0, 0.05) is 38.1 Å². The van der Waals surface area contributed by atoms with Crippen LogP contribution in [-0.4, -0.2) is 48.8 Å². The average Bonchev–Trinajstić information content (AvgIpc) is 3.29. The topological polar surface area (TPSA) is 54.5 Å². The van der Waals surface area contributed by atoms with Gasteiger partial charge in [-0.05, 0) is 31.4 Å². The Morgan fingerprint density at radius 1 is 1.38 bits per heavy atom. The van der Waals surface area contributed by atoms with Crippen LogP contribution in [0.25, 0.3) is 10.2 Å². The molecule has 2 fully saturated rings. The van der Waals surface area contributed by atoms with Crippen molar-refractivity contribution in [1.82, 2.24) is 15.2 Å². The molecule has 2 aliphatic rings. The Kier molecular flexibility index (Phi) is 4.67. The number of nitrogens with one attached hydrogen (secondary N) is 1.